The lowest BCUT2D eigenvalue weighted by atomic mass is 10.1. The van der Waals surface area contributed by atoms with E-state index in [2.05, 4.69) is 15.3 Å². The Morgan fingerprint density at radius 1 is 1.35 bits per heavy atom. The number of aromatic nitrogens is 2. The molecule has 0 radical (unpaired) electrons. The molecule has 1 aromatic heterocycles. The van der Waals surface area contributed by atoms with Crippen LogP contribution in [-0.4, -0.2) is 27.0 Å². The Hall–Kier alpha value is -2.76. The molecule has 0 bridgehead atoms. The maximum Gasteiger partial charge on any atom is 0.307 e. The lowest BCUT2D eigenvalue weighted by molar-refractivity contribution is -0.136. The fourth-order valence-corrected chi connectivity index (χ4v) is 1.75. The van der Waals surface area contributed by atoms with Crippen LogP contribution in [0, 0.1) is 6.92 Å². The number of nitrogens with one attached hydrogen (secondary N) is 1. The van der Waals surface area contributed by atoms with Gasteiger partial charge in [-0.2, -0.15) is 0 Å². The number of carboxylic acids is 1. The quantitative estimate of drug-likeness (QED) is 0.882. The van der Waals surface area contributed by atoms with Crippen LogP contribution in [0.4, 0.5) is 5.69 Å². The standard InChI is InChI=1S/C14H13N3O3/c1-9-12(7-15-8-16-9)14(20)17-11-4-2-3-10(5-11)6-13(18)19/h2-5,7-8H,6H2,1H3,(H,17,20)(H,18,19). The van der Waals surface area contributed by atoms with Crippen molar-refractivity contribution in [1.29, 1.82) is 0 Å². The molecule has 0 saturated carbocycles. The van der Waals surface area contributed by atoms with Gasteiger partial charge in [0.1, 0.15) is 6.33 Å². The van der Waals surface area contributed by atoms with Crippen molar-refractivity contribution in [3.63, 3.8) is 0 Å². The zero-order chi connectivity index (χ0) is 14.5. The average Bonchev–Trinajstić information content (AvgIpc) is 2.38. The fraction of sp³-hybridized carbons (Fsp3) is 0.143. The van der Waals surface area contributed by atoms with Crippen LogP contribution in [0.2, 0.25) is 0 Å². The second kappa shape index (κ2) is 5.92. The maximum atomic E-state index is 12.1. The van der Waals surface area contributed by atoms with Crippen molar-refractivity contribution in [2.24, 2.45) is 0 Å². The fourth-order valence-electron chi connectivity index (χ4n) is 1.75. The Labute approximate surface area is 115 Å². The third-order valence-corrected chi connectivity index (χ3v) is 2.70. The summed E-state index contributed by atoms with van der Waals surface area (Å²) in [5.41, 5.74) is 2.13. The molecule has 0 spiro atoms. The molecule has 2 N–H and O–H groups in total. The Morgan fingerprint density at radius 2 is 2.15 bits per heavy atom. The minimum atomic E-state index is -0.916. The highest BCUT2D eigenvalue weighted by Crippen LogP contribution is 2.13. The van der Waals surface area contributed by atoms with Gasteiger partial charge in [0.05, 0.1) is 17.7 Å². The van der Waals surface area contributed by atoms with Crippen molar-refractivity contribution in [3.8, 4) is 0 Å². The van der Waals surface area contributed by atoms with E-state index in [0.717, 1.165) is 0 Å². The number of anilines is 1. The highest BCUT2D eigenvalue weighted by atomic mass is 16.4. The number of rotatable bonds is 4. The Morgan fingerprint density at radius 3 is 2.85 bits per heavy atom. The minimum Gasteiger partial charge on any atom is -0.481 e. The van der Waals surface area contributed by atoms with Gasteiger partial charge < -0.3 is 10.4 Å². The van der Waals surface area contributed by atoms with Gasteiger partial charge in [-0.25, -0.2) is 9.97 Å². The number of carbonyl (C=O) groups is 2. The smallest absolute Gasteiger partial charge is 0.307 e. The van der Waals surface area contributed by atoms with E-state index in [0.29, 0.717) is 22.5 Å². The van der Waals surface area contributed by atoms with Gasteiger partial charge in [0, 0.05) is 11.9 Å². The molecular weight excluding hydrogens is 258 g/mol. The molecular formula is C14H13N3O3. The summed E-state index contributed by atoms with van der Waals surface area (Å²) in [6.45, 7) is 1.72. The highest BCUT2D eigenvalue weighted by Gasteiger charge is 2.10. The molecule has 6 heteroatoms. The molecule has 0 fully saturated rings. The van der Waals surface area contributed by atoms with Gasteiger partial charge in [-0.15, -0.1) is 0 Å². The van der Waals surface area contributed by atoms with E-state index < -0.39 is 5.97 Å². The topological polar surface area (TPSA) is 92.2 Å². The van der Waals surface area contributed by atoms with Crippen LogP contribution in [-0.2, 0) is 11.2 Å². The monoisotopic (exact) mass is 271 g/mol. The average molecular weight is 271 g/mol. The number of aliphatic carboxylic acids is 1. The first-order chi connectivity index (χ1) is 9.56. The summed E-state index contributed by atoms with van der Waals surface area (Å²) in [5, 5.41) is 11.5. The first-order valence-corrected chi connectivity index (χ1v) is 5.95. The summed E-state index contributed by atoms with van der Waals surface area (Å²) >= 11 is 0. The Kier molecular flexibility index (Phi) is 4.05. The zero-order valence-electron chi connectivity index (χ0n) is 10.8. The van der Waals surface area contributed by atoms with Crippen LogP contribution in [0.5, 0.6) is 0 Å². The van der Waals surface area contributed by atoms with Crippen LogP contribution in [0.1, 0.15) is 21.6 Å². The van der Waals surface area contributed by atoms with Gasteiger partial charge in [0.2, 0.25) is 0 Å². The molecule has 0 atom stereocenters. The number of amides is 1. The molecule has 2 aromatic rings. The van der Waals surface area contributed by atoms with E-state index in [1.54, 1.807) is 31.2 Å². The molecule has 0 aliphatic heterocycles. The molecule has 1 amide bonds. The largest absolute Gasteiger partial charge is 0.481 e. The summed E-state index contributed by atoms with van der Waals surface area (Å²) in [5.74, 6) is -1.24. The van der Waals surface area contributed by atoms with Gasteiger partial charge in [-0.05, 0) is 24.6 Å². The number of carbonyl (C=O) groups excluding carboxylic acids is 1. The van der Waals surface area contributed by atoms with Crippen LogP contribution in [0.3, 0.4) is 0 Å². The predicted octanol–water partition coefficient (Wildman–Crippen LogP) is 1.66. The molecule has 1 heterocycles. The molecule has 0 aliphatic carbocycles. The molecule has 20 heavy (non-hydrogen) atoms. The number of hydrogen-bond donors (Lipinski definition) is 2. The van der Waals surface area contributed by atoms with Gasteiger partial charge in [0.25, 0.3) is 5.91 Å². The predicted molar refractivity (Wildman–Crippen MR) is 72.5 cm³/mol. The molecule has 6 nitrogen and oxygen atoms in total. The van der Waals surface area contributed by atoms with Gasteiger partial charge in [-0.3, -0.25) is 9.59 Å². The first-order valence-electron chi connectivity index (χ1n) is 5.95. The second-order valence-electron chi connectivity index (χ2n) is 4.25. The SMILES string of the molecule is Cc1ncncc1C(=O)Nc1cccc(CC(=O)O)c1. The number of benzene rings is 1. The maximum absolute atomic E-state index is 12.1. The first kappa shape index (κ1) is 13.7. The third kappa shape index (κ3) is 3.38. The zero-order valence-corrected chi connectivity index (χ0v) is 10.8. The van der Waals surface area contributed by atoms with Gasteiger partial charge in [0.15, 0.2) is 0 Å². The minimum absolute atomic E-state index is 0.0861. The van der Waals surface area contributed by atoms with Gasteiger partial charge >= 0.3 is 5.97 Å². The molecule has 2 rings (SSSR count). The Balaban J connectivity index is 2.16. The summed E-state index contributed by atoms with van der Waals surface area (Å²) in [6, 6.07) is 6.72. The van der Waals surface area contributed by atoms with E-state index in [-0.39, 0.29) is 12.3 Å². The number of carboxylic acid groups (broad SMARTS) is 1. The summed E-state index contributed by atoms with van der Waals surface area (Å²) in [6.07, 6.45) is 2.73. The van der Waals surface area contributed by atoms with Crippen molar-refractivity contribution in [3.05, 3.63) is 53.6 Å². The number of nitrogens with zero attached hydrogens (tertiary/aromatic N) is 2. The van der Waals surface area contributed by atoms with Crippen molar-refractivity contribution >= 4 is 17.6 Å². The van der Waals surface area contributed by atoms with Crippen LogP contribution in [0.25, 0.3) is 0 Å². The van der Waals surface area contributed by atoms with Crippen molar-refractivity contribution in [1.82, 2.24) is 9.97 Å². The Bertz CT molecular complexity index is 656. The number of aryl methyl sites for hydroxylation is 1. The van der Waals surface area contributed by atoms with Crippen molar-refractivity contribution in [2.45, 2.75) is 13.3 Å². The van der Waals surface area contributed by atoms with E-state index in [9.17, 15) is 9.59 Å². The summed E-state index contributed by atoms with van der Waals surface area (Å²) < 4.78 is 0. The normalized spacial score (nSPS) is 10.1. The molecule has 0 aliphatic rings. The highest BCUT2D eigenvalue weighted by molar-refractivity contribution is 6.04. The van der Waals surface area contributed by atoms with Crippen molar-refractivity contribution < 1.29 is 14.7 Å². The van der Waals surface area contributed by atoms with E-state index in [1.807, 2.05) is 0 Å². The van der Waals surface area contributed by atoms with Crippen molar-refractivity contribution in [2.75, 3.05) is 5.32 Å². The summed E-state index contributed by atoms with van der Waals surface area (Å²) in [4.78, 5) is 30.5. The van der Waals surface area contributed by atoms with Crippen LogP contribution < -0.4 is 5.32 Å². The van der Waals surface area contributed by atoms with Crippen LogP contribution >= 0.6 is 0 Å². The molecule has 0 unspecified atom stereocenters. The van der Waals surface area contributed by atoms with E-state index in [4.69, 9.17) is 5.11 Å². The van der Waals surface area contributed by atoms with Gasteiger partial charge in [-0.1, -0.05) is 12.1 Å². The van der Waals surface area contributed by atoms with E-state index >= 15 is 0 Å². The number of hydrogen-bond acceptors (Lipinski definition) is 4. The lowest BCUT2D eigenvalue weighted by Gasteiger charge is -2.07. The molecule has 0 saturated heterocycles. The molecule has 1 aromatic carbocycles. The lowest BCUT2D eigenvalue weighted by Crippen LogP contribution is -2.14. The van der Waals surface area contributed by atoms with E-state index in [1.165, 1.54) is 12.5 Å². The third-order valence-electron chi connectivity index (χ3n) is 2.70. The van der Waals surface area contributed by atoms with Crippen LogP contribution in [0.15, 0.2) is 36.8 Å². The summed E-state index contributed by atoms with van der Waals surface area (Å²) in [7, 11) is 0. The second-order valence-corrected chi connectivity index (χ2v) is 4.25. The molecule has 102 valence electrons.